The number of halogens is 1. The van der Waals surface area contributed by atoms with Crippen LogP contribution in [0.15, 0.2) is 18.2 Å². The lowest BCUT2D eigenvalue weighted by Gasteiger charge is -2.03. The van der Waals surface area contributed by atoms with Gasteiger partial charge in [-0.1, -0.05) is 6.07 Å². The van der Waals surface area contributed by atoms with Gasteiger partial charge < -0.3 is 3.83 Å². The van der Waals surface area contributed by atoms with Gasteiger partial charge in [0.05, 0.1) is 5.56 Å². The van der Waals surface area contributed by atoms with E-state index in [1.165, 1.54) is 6.92 Å². The van der Waals surface area contributed by atoms with Crippen LogP contribution in [0.2, 0.25) is 0 Å². The number of rotatable bonds is 2. The SMILES string of the molecule is CC(=O)c1ccc(C(=O)OBr)c(C)c1. The van der Waals surface area contributed by atoms with E-state index >= 15 is 0 Å². The van der Waals surface area contributed by atoms with Gasteiger partial charge in [0.25, 0.3) is 0 Å². The molecule has 0 aliphatic rings. The third kappa shape index (κ3) is 2.20. The molecular formula is C10H9BrO3. The second kappa shape index (κ2) is 4.37. The van der Waals surface area contributed by atoms with Crippen molar-refractivity contribution in [3.8, 4) is 0 Å². The van der Waals surface area contributed by atoms with E-state index < -0.39 is 5.97 Å². The van der Waals surface area contributed by atoms with E-state index in [9.17, 15) is 9.59 Å². The van der Waals surface area contributed by atoms with Crippen molar-refractivity contribution in [3.63, 3.8) is 0 Å². The van der Waals surface area contributed by atoms with Gasteiger partial charge in [-0.3, -0.25) is 4.79 Å². The number of ketones is 1. The number of carbonyl (C=O) groups excluding carboxylic acids is 2. The summed E-state index contributed by atoms with van der Waals surface area (Å²) in [5.41, 5.74) is 1.77. The van der Waals surface area contributed by atoms with Gasteiger partial charge in [-0.05, 0) is 31.5 Å². The number of benzene rings is 1. The van der Waals surface area contributed by atoms with Gasteiger partial charge in [0.1, 0.15) is 0 Å². The Morgan fingerprint density at radius 1 is 1.36 bits per heavy atom. The van der Waals surface area contributed by atoms with Gasteiger partial charge in [0.2, 0.25) is 0 Å². The molecule has 0 radical (unpaired) electrons. The fourth-order valence-corrected chi connectivity index (χ4v) is 1.33. The van der Waals surface area contributed by atoms with Crippen LogP contribution in [-0.2, 0) is 3.83 Å². The van der Waals surface area contributed by atoms with Crippen molar-refractivity contribution in [2.75, 3.05) is 0 Å². The quantitative estimate of drug-likeness (QED) is 0.765. The first-order valence-electron chi connectivity index (χ1n) is 4.00. The van der Waals surface area contributed by atoms with Crippen molar-refractivity contribution in [2.45, 2.75) is 13.8 Å². The third-order valence-electron chi connectivity index (χ3n) is 1.92. The smallest absolute Gasteiger partial charge is 0.349 e. The van der Waals surface area contributed by atoms with Crippen LogP contribution in [-0.4, -0.2) is 11.8 Å². The highest BCUT2D eigenvalue weighted by atomic mass is 79.9. The molecule has 0 unspecified atom stereocenters. The fourth-order valence-electron chi connectivity index (χ4n) is 1.15. The molecule has 1 aromatic carbocycles. The predicted molar refractivity (Wildman–Crippen MR) is 55.5 cm³/mol. The highest BCUT2D eigenvalue weighted by Gasteiger charge is 2.10. The summed E-state index contributed by atoms with van der Waals surface area (Å²) in [5, 5.41) is 0. The van der Waals surface area contributed by atoms with Crippen molar-refractivity contribution in [3.05, 3.63) is 34.9 Å². The zero-order valence-electron chi connectivity index (χ0n) is 7.83. The van der Waals surface area contributed by atoms with Crippen LogP contribution in [0.4, 0.5) is 0 Å². The molecule has 0 saturated carbocycles. The molecule has 74 valence electrons. The molecule has 0 heterocycles. The Balaban J connectivity index is 3.14. The first-order chi connectivity index (χ1) is 6.56. The molecule has 4 heteroatoms. The van der Waals surface area contributed by atoms with Gasteiger partial charge in [-0.2, -0.15) is 0 Å². The third-order valence-corrected chi connectivity index (χ3v) is 2.22. The summed E-state index contributed by atoms with van der Waals surface area (Å²) in [6.45, 7) is 3.24. The lowest BCUT2D eigenvalue weighted by molar-refractivity contribution is 0.0780. The van der Waals surface area contributed by atoms with Crippen LogP contribution in [0, 0.1) is 6.92 Å². The summed E-state index contributed by atoms with van der Waals surface area (Å²) >= 11 is 2.62. The molecule has 14 heavy (non-hydrogen) atoms. The Bertz CT molecular complexity index is 385. The zero-order chi connectivity index (χ0) is 10.7. The second-order valence-electron chi connectivity index (χ2n) is 2.95. The molecule has 0 fully saturated rings. The monoisotopic (exact) mass is 256 g/mol. The molecule has 0 aliphatic heterocycles. The summed E-state index contributed by atoms with van der Waals surface area (Å²) < 4.78 is 4.41. The van der Waals surface area contributed by atoms with E-state index in [0.717, 1.165) is 5.56 Å². The van der Waals surface area contributed by atoms with E-state index in [0.29, 0.717) is 11.1 Å². The molecule has 0 aliphatic carbocycles. The van der Waals surface area contributed by atoms with Crippen molar-refractivity contribution >= 4 is 28.0 Å². The molecule has 1 aromatic rings. The van der Waals surface area contributed by atoms with Crippen molar-refractivity contribution in [1.29, 1.82) is 0 Å². The Kier molecular flexibility index (Phi) is 3.41. The van der Waals surface area contributed by atoms with Crippen LogP contribution in [0.1, 0.15) is 33.2 Å². The maximum atomic E-state index is 11.2. The Labute approximate surface area is 90.5 Å². The molecule has 0 spiro atoms. The molecule has 1 rings (SSSR count). The van der Waals surface area contributed by atoms with E-state index in [1.807, 2.05) is 0 Å². The van der Waals surface area contributed by atoms with Crippen LogP contribution < -0.4 is 0 Å². The summed E-state index contributed by atoms with van der Waals surface area (Å²) in [6, 6.07) is 4.85. The maximum absolute atomic E-state index is 11.2. The van der Waals surface area contributed by atoms with Gasteiger partial charge in [-0.15, -0.1) is 0 Å². The zero-order valence-corrected chi connectivity index (χ0v) is 9.42. The minimum Gasteiger partial charge on any atom is -0.380 e. The first kappa shape index (κ1) is 10.9. The van der Waals surface area contributed by atoms with E-state index in [-0.39, 0.29) is 5.78 Å². The van der Waals surface area contributed by atoms with Gasteiger partial charge in [0.15, 0.2) is 22.0 Å². The van der Waals surface area contributed by atoms with Crippen LogP contribution in [0.5, 0.6) is 0 Å². The lowest BCUT2D eigenvalue weighted by Crippen LogP contribution is -2.02. The minimum absolute atomic E-state index is 0.0214. The van der Waals surface area contributed by atoms with E-state index in [2.05, 4.69) is 20.1 Å². The van der Waals surface area contributed by atoms with Gasteiger partial charge in [0, 0.05) is 5.56 Å². The fraction of sp³-hybridized carbons (Fsp3) is 0.200. The maximum Gasteiger partial charge on any atom is 0.349 e. The van der Waals surface area contributed by atoms with Gasteiger partial charge in [-0.25, -0.2) is 4.79 Å². The highest BCUT2D eigenvalue weighted by molar-refractivity contribution is 9.06. The molecule has 0 saturated heterocycles. The summed E-state index contributed by atoms with van der Waals surface area (Å²) in [7, 11) is 0. The average molecular weight is 257 g/mol. The second-order valence-corrected chi connectivity index (χ2v) is 3.27. The van der Waals surface area contributed by atoms with Crippen molar-refractivity contribution in [2.24, 2.45) is 0 Å². The number of carbonyl (C=O) groups is 2. The summed E-state index contributed by atoms with van der Waals surface area (Å²) in [4.78, 5) is 22.2. The normalized spacial score (nSPS) is 9.64. The average Bonchev–Trinajstić information content (AvgIpc) is 2.16. The van der Waals surface area contributed by atoms with Gasteiger partial charge >= 0.3 is 5.97 Å². The number of hydrogen-bond acceptors (Lipinski definition) is 3. The lowest BCUT2D eigenvalue weighted by atomic mass is 10.0. The molecule has 3 nitrogen and oxygen atoms in total. The number of Topliss-reactive ketones (excluding diaryl/α,β-unsaturated/α-hetero) is 1. The molecular weight excluding hydrogens is 248 g/mol. The Morgan fingerprint density at radius 3 is 2.43 bits per heavy atom. The molecule has 0 N–H and O–H groups in total. The topological polar surface area (TPSA) is 43.4 Å². The molecule has 0 atom stereocenters. The van der Waals surface area contributed by atoms with Crippen LogP contribution in [0.3, 0.4) is 0 Å². The Hall–Kier alpha value is -1.16. The molecule has 0 amide bonds. The van der Waals surface area contributed by atoms with E-state index in [4.69, 9.17) is 0 Å². The molecule has 0 bridgehead atoms. The van der Waals surface area contributed by atoms with Crippen molar-refractivity contribution in [1.82, 2.24) is 0 Å². The minimum atomic E-state index is -0.461. The standard InChI is InChI=1S/C10H9BrO3/c1-6-5-8(7(2)12)3-4-9(6)10(13)14-11/h3-5H,1-2H3. The first-order valence-corrected chi connectivity index (χ1v) is 4.65. The van der Waals surface area contributed by atoms with Crippen LogP contribution in [0.25, 0.3) is 0 Å². The summed E-state index contributed by atoms with van der Waals surface area (Å²) in [5.74, 6) is -0.482. The largest absolute Gasteiger partial charge is 0.380 e. The molecule has 0 aromatic heterocycles. The summed E-state index contributed by atoms with van der Waals surface area (Å²) in [6.07, 6.45) is 0. The highest BCUT2D eigenvalue weighted by Crippen LogP contribution is 2.13. The van der Waals surface area contributed by atoms with E-state index in [1.54, 1.807) is 25.1 Å². The predicted octanol–water partition coefficient (Wildman–Crippen LogP) is 2.66. The Morgan fingerprint density at radius 2 is 2.00 bits per heavy atom. The number of hydrogen-bond donors (Lipinski definition) is 0. The van der Waals surface area contributed by atoms with Crippen molar-refractivity contribution < 1.29 is 13.4 Å². The number of aryl methyl sites for hydroxylation is 1. The van der Waals surface area contributed by atoms with Crippen LogP contribution >= 0.6 is 16.3 Å².